The van der Waals surface area contributed by atoms with Crippen LogP contribution in [-0.4, -0.2) is 228 Å². The zero-order valence-electron chi connectivity index (χ0n) is 37.7. The van der Waals surface area contributed by atoms with Gasteiger partial charge in [0.05, 0.1) is 111 Å². The van der Waals surface area contributed by atoms with Crippen molar-refractivity contribution < 1.29 is 145 Å². The van der Waals surface area contributed by atoms with Crippen LogP contribution in [0, 0.1) is 0 Å². The molecule has 0 aromatic heterocycles. The minimum Gasteiger partial charge on any atom is -0.394 e. The Kier molecular flexibility index (Phi) is 36.5. The average molecular weight is 1060 g/mol. The molecule has 0 radical (unpaired) electrons. The SMILES string of the molecule is CC(O)CCCCC(O)COCC(F)(F)COCC(F)(F)COCC(F)(F)COCC(O)COCCO.OCCOCCC(F)(F)OC(F)(F)CC(F)(F)OC(F)(F)CCOCC(O)COCCO. The smallest absolute Gasteiger partial charge is 0.368 e. The van der Waals surface area contributed by atoms with Crippen LogP contribution in [0.3, 0.4) is 0 Å². The van der Waals surface area contributed by atoms with Gasteiger partial charge < -0.3 is 73.6 Å². The Morgan fingerprint density at radius 1 is 0.362 bits per heavy atom. The van der Waals surface area contributed by atoms with Gasteiger partial charge in [0, 0.05) is 0 Å². The van der Waals surface area contributed by atoms with E-state index in [-0.39, 0.29) is 59.3 Å². The van der Waals surface area contributed by atoms with Crippen LogP contribution in [0.5, 0.6) is 0 Å². The van der Waals surface area contributed by atoms with Crippen LogP contribution in [0.1, 0.15) is 51.9 Å². The van der Waals surface area contributed by atoms with Crippen LogP contribution in [0.15, 0.2) is 0 Å². The number of ether oxygens (including phenoxy) is 10. The molecule has 0 fully saturated rings. The molecule has 0 bridgehead atoms. The fourth-order valence-electron chi connectivity index (χ4n) is 4.70. The van der Waals surface area contributed by atoms with E-state index in [0.29, 0.717) is 19.3 Å². The lowest BCUT2D eigenvalue weighted by Crippen LogP contribution is -2.42. The Balaban J connectivity index is 0. The number of alkyl halides is 14. The molecule has 0 aliphatic heterocycles. The van der Waals surface area contributed by atoms with Gasteiger partial charge in [0.15, 0.2) is 0 Å². The highest BCUT2D eigenvalue weighted by atomic mass is 19.3. The van der Waals surface area contributed by atoms with Gasteiger partial charge in [-0.25, -0.2) is 26.3 Å². The Bertz CT molecular complexity index is 1240. The number of hydrogen-bond donors (Lipinski definition) is 7. The Hall–Kier alpha value is -1.66. The molecular weight excluding hydrogens is 994 g/mol. The van der Waals surface area contributed by atoms with E-state index < -0.39 is 159 Å². The molecule has 4 atom stereocenters. The summed E-state index contributed by atoms with van der Waals surface area (Å²) in [4.78, 5) is 0. The van der Waals surface area contributed by atoms with Gasteiger partial charge in [-0.15, -0.1) is 0 Å². The van der Waals surface area contributed by atoms with E-state index in [2.05, 4.69) is 33.2 Å². The molecule has 31 heteroatoms. The van der Waals surface area contributed by atoms with Crippen LogP contribution in [0.4, 0.5) is 61.5 Å². The topological polar surface area (TPSA) is 234 Å². The van der Waals surface area contributed by atoms with Gasteiger partial charge in [-0.3, -0.25) is 9.47 Å². The molecule has 0 amide bonds. The lowest BCUT2D eigenvalue weighted by atomic mass is 10.1. The van der Waals surface area contributed by atoms with E-state index in [1.54, 1.807) is 6.92 Å². The summed E-state index contributed by atoms with van der Waals surface area (Å²) in [5.74, 6) is -11.1. The number of unbranched alkanes of at least 4 members (excludes halogenated alkanes) is 1. The summed E-state index contributed by atoms with van der Waals surface area (Å²) in [6.45, 7) is -12.1. The Morgan fingerprint density at radius 2 is 0.667 bits per heavy atom. The number of hydrogen-bond acceptors (Lipinski definition) is 17. The molecule has 0 saturated carbocycles. The van der Waals surface area contributed by atoms with Crippen molar-refractivity contribution in [2.24, 2.45) is 0 Å². The first-order chi connectivity index (χ1) is 31.8. The maximum absolute atomic E-state index is 13.7. The molecule has 0 spiro atoms. The predicted octanol–water partition coefficient (Wildman–Crippen LogP) is 3.59. The van der Waals surface area contributed by atoms with E-state index in [9.17, 15) is 76.8 Å². The van der Waals surface area contributed by atoms with Crippen LogP contribution >= 0.6 is 0 Å². The Morgan fingerprint density at radius 3 is 1.04 bits per heavy atom. The standard InChI is InChI=1S/C22H40F6O9.C16H26F8O8/c1-17(30)4-2-3-5-18(31)8-34-11-20(23,24)13-36-15-22(27,28)16-37-14-21(25,26)12-35-10-19(32)9-33-7-6-29;17-13(18,1-5-28-7-3-25)31-15(21,22)11-16(23,24)32-14(19,20)2-6-29-9-12(27)10-30-8-4-26/h17-19,29-32H,2-16H2,1H3;12,25-27H,1-11H2. The molecule has 0 aromatic rings. The van der Waals surface area contributed by atoms with Crippen LogP contribution in [-0.2, 0) is 47.4 Å². The second-order valence-electron chi connectivity index (χ2n) is 15.1. The van der Waals surface area contributed by atoms with Gasteiger partial charge in [0.25, 0.3) is 17.8 Å². The second kappa shape index (κ2) is 36.3. The van der Waals surface area contributed by atoms with Crippen molar-refractivity contribution in [3.63, 3.8) is 0 Å². The van der Waals surface area contributed by atoms with Crippen molar-refractivity contribution >= 4 is 0 Å². The highest BCUT2D eigenvalue weighted by molar-refractivity contribution is 4.72. The van der Waals surface area contributed by atoms with E-state index in [4.69, 9.17) is 34.6 Å². The van der Waals surface area contributed by atoms with Crippen molar-refractivity contribution in [1.82, 2.24) is 0 Å². The second-order valence-corrected chi connectivity index (χ2v) is 15.1. The zero-order valence-corrected chi connectivity index (χ0v) is 37.7. The molecule has 0 aliphatic rings. The molecule has 0 heterocycles. The van der Waals surface area contributed by atoms with Gasteiger partial charge in [-0.1, -0.05) is 12.8 Å². The van der Waals surface area contributed by atoms with Crippen LogP contribution in [0.2, 0.25) is 0 Å². The normalized spacial score (nSPS) is 15.2. The number of halogens is 14. The molecule has 17 nitrogen and oxygen atoms in total. The first kappa shape index (κ1) is 69.4. The zero-order chi connectivity index (χ0) is 53.3. The molecular formula is C38H66F14O17. The molecule has 4 unspecified atom stereocenters. The van der Waals surface area contributed by atoms with Crippen molar-refractivity contribution in [3.8, 4) is 0 Å². The molecule has 69 heavy (non-hydrogen) atoms. The van der Waals surface area contributed by atoms with Crippen molar-refractivity contribution in [3.05, 3.63) is 0 Å². The van der Waals surface area contributed by atoms with E-state index in [1.165, 1.54) is 0 Å². The lowest BCUT2D eigenvalue weighted by Gasteiger charge is -2.28. The maximum atomic E-state index is 13.7. The summed E-state index contributed by atoms with van der Waals surface area (Å²) in [7, 11) is 0. The summed E-state index contributed by atoms with van der Waals surface area (Å²) in [5.41, 5.74) is 0. The summed E-state index contributed by atoms with van der Waals surface area (Å²) in [5, 5.41) is 62.9. The number of rotatable bonds is 45. The molecule has 0 saturated heterocycles. The largest absolute Gasteiger partial charge is 0.394 e. The fraction of sp³-hybridized carbons (Fsp3) is 1.00. The first-order valence-corrected chi connectivity index (χ1v) is 21.0. The van der Waals surface area contributed by atoms with E-state index in [0.717, 1.165) is 0 Å². The predicted molar refractivity (Wildman–Crippen MR) is 207 cm³/mol. The third-order valence-electron chi connectivity index (χ3n) is 7.63. The maximum Gasteiger partial charge on any atom is 0.368 e. The summed E-state index contributed by atoms with van der Waals surface area (Å²) in [6, 6.07) is 0. The van der Waals surface area contributed by atoms with E-state index in [1.807, 2.05) is 0 Å². The van der Waals surface area contributed by atoms with Crippen molar-refractivity contribution in [2.45, 2.75) is 118 Å². The van der Waals surface area contributed by atoms with Gasteiger partial charge in [0.2, 0.25) is 0 Å². The first-order valence-electron chi connectivity index (χ1n) is 21.0. The quantitative estimate of drug-likeness (QED) is 0.0341. The lowest BCUT2D eigenvalue weighted by molar-refractivity contribution is -0.432. The highest BCUT2D eigenvalue weighted by Crippen LogP contribution is 2.40. The van der Waals surface area contributed by atoms with Crippen LogP contribution in [0.25, 0.3) is 0 Å². The summed E-state index contributed by atoms with van der Waals surface area (Å²) >= 11 is 0. The van der Waals surface area contributed by atoms with Gasteiger partial charge in [-0.05, 0) is 19.8 Å². The third-order valence-corrected chi connectivity index (χ3v) is 7.63. The van der Waals surface area contributed by atoms with Crippen LogP contribution < -0.4 is 0 Å². The molecule has 7 N–H and O–H groups in total. The highest BCUT2D eigenvalue weighted by Gasteiger charge is 2.54. The minimum atomic E-state index is -5.26. The van der Waals surface area contributed by atoms with Gasteiger partial charge >= 0.3 is 24.4 Å². The Labute approximate surface area is 388 Å². The summed E-state index contributed by atoms with van der Waals surface area (Å²) < 4.78 is 232. The average Bonchev–Trinajstić information content (AvgIpc) is 3.18. The molecule has 0 rings (SSSR count). The fourth-order valence-corrected chi connectivity index (χ4v) is 4.70. The number of aliphatic hydroxyl groups excluding tert-OH is 7. The molecule has 418 valence electrons. The number of aliphatic hydroxyl groups is 7. The molecule has 0 aromatic carbocycles. The van der Waals surface area contributed by atoms with Crippen molar-refractivity contribution in [1.29, 1.82) is 0 Å². The minimum absolute atomic E-state index is 0.0542. The molecule has 0 aliphatic carbocycles. The van der Waals surface area contributed by atoms with Gasteiger partial charge in [0.1, 0.15) is 58.3 Å². The van der Waals surface area contributed by atoms with Crippen molar-refractivity contribution in [2.75, 3.05) is 126 Å². The van der Waals surface area contributed by atoms with Gasteiger partial charge in [-0.2, -0.15) is 35.1 Å². The monoisotopic (exact) mass is 1060 g/mol. The summed E-state index contributed by atoms with van der Waals surface area (Å²) in [6.07, 6.45) is -27.7. The third kappa shape index (κ3) is 44.7. The van der Waals surface area contributed by atoms with E-state index >= 15 is 0 Å².